The molecule has 0 fully saturated rings. The number of carbonyl (C=O) groups excluding carboxylic acids is 1. The minimum absolute atomic E-state index is 0.247. The van der Waals surface area contributed by atoms with Crippen molar-refractivity contribution in [2.75, 3.05) is 0 Å². The molecule has 0 aliphatic heterocycles. The van der Waals surface area contributed by atoms with Crippen molar-refractivity contribution in [3.05, 3.63) is 99.5 Å². The Morgan fingerprint density at radius 1 is 1.07 bits per heavy atom. The summed E-state index contributed by atoms with van der Waals surface area (Å²) in [6, 6.07) is 22.9. The fraction of sp³-hybridized carbons (Fsp3) is 0.0909. The van der Waals surface area contributed by atoms with E-state index in [1.165, 1.54) is 0 Å². The third-order valence-electron chi connectivity index (χ3n) is 3.88. The van der Waals surface area contributed by atoms with E-state index in [1.54, 1.807) is 12.3 Å². The maximum absolute atomic E-state index is 12.2. The Hall–Kier alpha value is -2.92. The minimum Gasteiger partial charge on any atom is -0.488 e. The van der Waals surface area contributed by atoms with Gasteiger partial charge >= 0.3 is 0 Å². The van der Waals surface area contributed by atoms with Crippen LogP contribution in [0.15, 0.2) is 82.4 Å². The molecule has 0 bridgehead atoms. The molecular weight excluding hydrogens is 404 g/mol. The van der Waals surface area contributed by atoms with Crippen molar-refractivity contribution in [3.63, 3.8) is 0 Å². The van der Waals surface area contributed by atoms with Gasteiger partial charge in [-0.1, -0.05) is 57.9 Å². The first kappa shape index (κ1) is 18.9. The zero-order chi connectivity index (χ0) is 19.1. The lowest BCUT2D eigenvalue weighted by Crippen LogP contribution is -2.17. The first-order chi connectivity index (χ1) is 13.1. The van der Waals surface area contributed by atoms with Crippen molar-refractivity contribution in [1.82, 2.24) is 5.43 Å². The number of carbonyl (C=O) groups is 1. The smallest absolute Gasteiger partial charge is 0.271 e. The number of hydrazone groups is 1. The molecule has 0 spiro atoms. The second-order valence-corrected chi connectivity index (χ2v) is 6.94. The zero-order valence-electron chi connectivity index (χ0n) is 14.9. The quantitative estimate of drug-likeness (QED) is 0.443. The first-order valence-electron chi connectivity index (χ1n) is 8.48. The number of nitrogens with zero attached hydrogens (tertiary/aromatic N) is 1. The van der Waals surface area contributed by atoms with E-state index in [0.29, 0.717) is 17.9 Å². The molecule has 0 radical (unpaired) electrons. The van der Waals surface area contributed by atoms with Gasteiger partial charge in [-0.3, -0.25) is 4.79 Å². The largest absolute Gasteiger partial charge is 0.488 e. The fourth-order valence-electron chi connectivity index (χ4n) is 2.47. The Bertz CT molecular complexity index is 953. The first-order valence-corrected chi connectivity index (χ1v) is 9.27. The number of nitrogens with one attached hydrogen (secondary N) is 1. The molecule has 1 N–H and O–H groups in total. The van der Waals surface area contributed by atoms with Crippen molar-refractivity contribution in [2.45, 2.75) is 13.5 Å². The number of ether oxygens (including phenoxy) is 1. The highest BCUT2D eigenvalue weighted by Gasteiger charge is 2.05. The SMILES string of the molecule is Cc1cccc(C(=O)N/N=C/c2ccccc2OCc2ccc(Br)cc2)c1. The van der Waals surface area contributed by atoms with E-state index in [1.807, 2.05) is 73.7 Å². The van der Waals surface area contributed by atoms with E-state index < -0.39 is 0 Å². The predicted molar refractivity (Wildman–Crippen MR) is 111 cm³/mol. The summed E-state index contributed by atoms with van der Waals surface area (Å²) in [5, 5.41) is 4.06. The fourth-order valence-corrected chi connectivity index (χ4v) is 2.74. The lowest BCUT2D eigenvalue weighted by molar-refractivity contribution is 0.0955. The summed E-state index contributed by atoms with van der Waals surface area (Å²) in [6.45, 7) is 2.40. The molecule has 0 aromatic heterocycles. The molecule has 27 heavy (non-hydrogen) atoms. The van der Waals surface area contributed by atoms with Crippen LogP contribution < -0.4 is 10.2 Å². The highest BCUT2D eigenvalue weighted by molar-refractivity contribution is 9.10. The van der Waals surface area contributed by atoms with Gasteiger partial charge in [0.05, 0.1) is 6.21 Å². The van der Waals surface area contributed by atoms with Gasteiger partial charge in [-0.2, -0.15) is 5.10 Å². The number of amides is 1. The monoisotopic (exact) mass is 422 g/mol. The summed E-state index contributed by atoms with van der Waals surface area (Å²) in [4.78, 5) is 12.2. The number of benzene rings is 3. The molecule has 5 heteroatoms. The van der Waals surface area contributed by atoms with E-state index in [9.17, 15) is 4.79 Å². The van der Waals surface area contributed by atoms with Crippen molar-refractivity contribution in [1.29, 1.82) is 0 Å². The molecular formula is C22H19BrN2O2. The van der Waals surface area contributed by atoms with Crippen LogP contribution in [0.25, 0.3) is 0 Å². The van der Waals surface area contributed by atoms with Crippen LogP contribution in [0.3, 0.4) is 0 Å². The molecule has 3 aromatic carbocycles. The Balaban J connectivity index is 1.64. The van der Waals surface area contributed by atoms with Crippen LogP contribution in [0.4, 0.5) is 0 Å². The van der Waals surface area contributed by atoms with Gasteiger partial charge in [0, 0.05) is 15.6 Å². The number of hydrogen-bond donors (Lipinski definition) is 1. The molecule has 0 aliphatic carbocycles. The summed E-state index contributed by atoms with van der Waals surface area (Å²) >= 11 is 3.42. The normalized spacial score (nSPS) is 10.7. The van der Waals surface area contributed by atoms with Gasteiger partial charge in [-0.25, -0.2) is 5.43 Å². The Morgan fingerprint density at radius 2 is 1.85 bits per heavy atom. The van der Waals surface area contributed by atoms with Crippen molar-refractivity contribution >= 4 is 28.1 Å². The Kier molecular flexibility index (Phi) is 6.39. The third-order valence-corrected chi connectivity index (χ3v) is 4.41. The maximum Gasteiger partial charge on any atom is 0.271 e. The molecule has 0 heterocycles. The second-order valence-electron chi connectivity index (χ2n) is 6.02. The molecule has 0 unspecified atom stereocenters. The number of halogens is 1. The molecule has 0 aliphatic rings. The molecule has 0 saturated heterocycles. The average molecular weight is 423 g/mol. The molecule has 136 valence electrons. The average Bonchev–Trinajstić information content (AvgIpc) is 2.68. The van der Waals surface area contributed by atoms with Gasteiger partial charge in [-0.05, 0) is 48.9 Å². The number of aryl methyl sites for hydroxylation is 1. The van der Waals surface area contributed by atoms with E-state index in [-0.39, 0.29) is 5.91 Å². The van der Waals surface area contributed by atoms with Gasteiger partial charge in [-0.15, -0.1) is 0 Å². The number of hydrogen-bond acceptors (Lipinski definition) is 3. The highest BCUT2D eigenvalue weighted by Crippen LogP contribution is 2.18. The summed E-state index contributed by atoms with van der Waals surface area (Å²) in [5.74, 6) is 0.456. The van der Waals surface area contributed by atoms with Gasteiger partial charge in [0.2, 0.25) is 0 Å². The van der Waals surface area contributed by atoms with E-state index in [2.05, 4.69) is 26.5 Å². The number of rotatable bonds is 6. The highest BCUT2D eigenvalue weighted by atomic mass is 79.9. The van der Waals surface area contributed by atoms with E-state index >= 15 is 0 Å². The van der Waals surface area contributed by atoms with Gasteiger partial charge in [0.1, 0.15) is 12.4 Å². The zero-order valence-corrected chi connectivity index (χ0v) is 16.4. The molecule has 3 rings (SSSR count). The van der Waals surface area contributed by atoms with E-state index in [0.717, 1.165) is 21.2 Å². The Morgan fingerprint density at radius 3 is 2.63 bits per heavy atom. The van der Waals surface area contributed by atoms with Crippen molar-refractivity contribution in [2.24, 2.45) is 5.10 Å². The van der Waals surface area contributed by atoms with Gasteiger partial charge in [0.15, 0.2) is 0 Å². The molecule has 4 nitrogen and oxygen atoms in total. The van der Waals surface area contributed by atoms with Gasteiger partial charge in [0.25, 0.3) is 5.91 Å². The standard InChI is InChI=1S/C22H19BrN2O2/c1-16-5-4-7-18(13-16)22(26)25-24-14-19-6-2-3-8-21(19)27-15-17-9-11-20(23)12-10-17/h2-14H,15H2,1H3,(H,25,26)/b24-14+. The van der Waals surface area contributed by atoms with Crippen LogP contribution in [-0.2, 0) is 6.61 Å². The van der Waals surface area contributed by atoms with E-state index in [4.69, 9.17) is 4.74 Å². The van der Waals surface area contributed by atoms with Crippen LogP contribution >= 0.6 is 15.9 Å². The summed E-state index contributed by atoms with van der Waals surface area (Å²) in [5.41, 5.74) is 6.01. The lowest BCUT2D eigenvalue weighted by Gasteiger charge is -2.09. The van der Waals surface area contributed by atoms with Crippen molar-refractivity contribution in [3.8, 4) is 5.75 Å². The minimum atomic E-state index is -0.247. The van der Waals surface area contributed by atoms with Crippen LogP contribution in [-0.4, -0.2) is 12.1 Å². The summed E-state index contributed by atoms with van der Waals surface area (Å²) in [6.07, 6.45) is 1.59. The van der Waals surface area contributed by atoms with Crippen LogP contribution in [0.5, 0.6) is 5.75 Å². The summed E-state index contributed by atoms with van der Waals surface area (Å²) < 4.78 is 6.93. The molecule has 0 atom stereocenters. The number of para-hydroxylation sites is 1. The van der Waals surface area contributed by atoms with Gasteiger partial charge < -0.3 is 4.74 Å². The topological polar surface area (TPSA) is 50.7 Å². The van der Waals surface area contributed by atoms with Crippen LogP contribution in [0.2, 0.25) is 0 Å². The Labute approximate surface area is 167 Å². The van der Waals surface area contributed by atoms with Crippen LogP contribution in [0, 0.1) is 6.92 Å². The van der Waals surface area contributed by atoms with Crippen LogP contribution in [0.1, 0.15) is 27.0 Å². The maximum atomic E-state index is 12.2. The predicted octanol–water partition coefficient (Wildman–Crippen LogP) is 5.10. The molecule has 0 saturated carbocycles. The second kappa shape index (κ2) is 9.14. The third kappa shape index (κ3) is 5.53. The molecule has 1 amide bonds. The van der Waals surface area contributed by atoms with Crippen molar-refractivity contribution < 1.29 is 9.53 Å². The lowest BCUT2D eigenvalue weighted by atomic mass is 10.1. The summed E-state index contributed by atoms with van der Waals surface area (Å²) in [7, 11) is 0. The molecule has 3 aromatic rings.